The molecule has 0 N–H and O–H groups in total. The molecule has 5 heterocycles. The lowest BCUT2D eigenvalue weighted by atomic mass is 10.1. The molecule has 0 fully saturated rings. The number of fused-ring (bicyclic) bond motifs is 3. The highest BCUT2D eigenvalue weighted by molar-refractivity contribution is 5.96. The van der Waals surface area contributed by atoms with Crippen LogP contribution in [0.2, 0.25) is 0 Å². The minimum atomic E-state index is 0.676. The van der Waals surface area contributed by atoms with Crippen LogP contribution in [0.25, 0.3) is 34.1 Å². The van der Waals surface area contributed by atoms with Gasteiger partial charge < -0.3 is 0 Å². The van der Waals surface area contributed by atoms with E-state index in [1.165, 1.54) is 0 Å². The molecule has 0 aliphatic carbocycles. The summed E-state index contributed by atoms with van der Waals surface area (Å²) in [5.74, 6) is 3.15. The monoisotopic (exact) mass is 601 g/mol. The molecular formula is C37H31N9. The zero-order valence-electron chi connectivity index (χ0n) is 26.3. The summed E-state index contributed by atoms with van der Waals surface area (Å²) in [7, 11) is 0. The number of allylic oxidation sites excluding steroid dienone is 1. The van der Waals surface area contributed by atoms with Crippen molar-refractivity contribution in [3.63, 3.8) is 0 Å². The summed E-state index contributed by atoms with van der Waals surface area (Å²) in [6, 6.07) is 24.6. The van der Waals surface area contributed by atoms with E-state index in [4.69, 9.17) is 15.1 Å². The molecule has 4 aromatic heterocycles. The maximum absolute atomic E-state index is 5.25. The van der Waals surface area contributed by atoms with Crippen molar-refractivity contribution in [2.24, 2.45) is 0 Å². The van der Waals surface area contributed by atoms with Crippen LogP contribution in [0.4, 0.5) is 23.0 Å². The van der Waals surface area contributed by atoms with Crippen LogP contribution < -0.4 is 15.0 Å². The summed E-state index contributed by atoms with van der Waals surface area (Å²) in [6.07, 6.45) is 7.72. The maximum atomic E-state index is 5.25. The van der Waals surface area contributed by atoms with Crippen LogP contribution in [0.1, 0.15) is 27.9 Å². The van der Waals surface area contributed by atoms with E-state index in [2.05, 4.69) is 101 Å². The molecule has 0 saturated carbocycles. The second kappa shape index (κ2) is 10.6. The number of hydrogen-bond donors (Lipinski definition) is 0. The first-order valence-corrected chi connectivity index (χ1v) is 15.2. The van der Waals surface area contributed by atoms with Gasteiger partial charge in [0.2, 0.25) is 0 Å². The van der Waals surface area contributed by atoms with Gasteiger partial charge in [-0.05, 0) is 93.3 Å². The normalized spacial score (nSPS) is 13.3. The maximum Gasteiger partial charge on any atom is 0.187 e. The van der Waals surface area contributed by atoms with Crippen LogP contribution in [0.5, 0.6) is 0 Å². The molecule has 0 atom stereocenters. The molecule has 0 saturated heterocycles. The van der Waals surface area contributed by atoms with E-state index in [1.54, 1.807) is 16.9 Å². The van der Waals surface area contributed by atoms with Gasteiger partial charge in [0, 0.05) is 23.2 Å². The van der Waals surface area contributed by atoms with Gasteiger partial charge in [-0.2, -0.15) is 9.61 Å². The molecule has 9 nitrogen and oxygen atoms in total. The van der Waals surface area contributed by atoms with Crippen molar-refractivity contribution in [3.05, 3.63) is 130 Å². The van der Waals surface area contributed by atoms with Gasteiger partial charge in [0.15, 0.2) is 23.1 Å². The van der Waals surface area contributed by atoms with Gasteiger partial charge in [-0.3, -0.25) is 14.8 Å². The quantitative estimate of drug-likeness (QED) is 0.213. The second-order valence-electron chi connectivity index (χ2n) is 11.7. The van der Waals surface area contributed by atoms with Crippen molar-refractivity contribution in [2.45, 2.75) is 34.6 Å². The van der Waals surface area contributed by atoms with Gasteiger partial charge in [0.1, 0.15) is 5.82 Å². The Kier molecular flexibility index (Phi) is 6.35. The third-order valence-electron chi connectivity index (χ3n) is 8.60. The molecule has 0 amide bonds. The number of para-hydroxylation sites is 4. The van der Waals surface area contributed by atoms with Crippen molar-refractivity contribution in [2.75, 3.05) is 9.80 Å². The van der Waals surface area contributed by atoms with Crippen molar-refractivity contribution in [3.8, 4) is 11.4 Å². The van der Waals surface area contributed by atoms with E-state index in [9.17, 15) is 0 Å². The average Bonchev–Trinajstić information content (AvgIpc) is 3.69. The van der Waals surface area contributed by atoms with Crippen molar-refractivity contribution in [1.82, 2.24) is 34.8 Å². The first-order chi connectivity index (χ1) is 22.4. The van der Waals surface area contributed by atoms with Gasteiger partial charge in [-0.25, -0.2) is 9.97 Å². The fourth-order valence-electron chi connectivity index (χ4n) is 6.45. The molecule has 0 unspecified atom stereocenters. The number of aryl methyl sites for hydroxylation is 5. The number of nitrogens with zero attached hydrogens (tertiary/aromatic N) is 9. The van der Waals surface area contributed by atoms with Crippen LogP contribution in [0.15, 0.2) is 97.1 Å². The van der Waals surface area contributed by atoms with Crippen molar-refractivity contribution in [1.29, 1.82) is 0 Å². The third-order valence-corrected chi connectivity index (χ3v) is 8.60. The minimum absolute atomic E-state index is 0.676. The lowest BCUT2D eigenvalue weighted by Gasteiger charge is -2.28. The van der Waals surface area contributed by atoms with Crippen molar-refractivity contribution < 1.29 is 0 Å². The highest BCUT2D eigenvalue weighted by Gasteiger charge is 2.39. The number of benzene rings is 3. The SMILES string of the molecule is Cc1cccc(C)c1N1C(=C/C=c2/c(C)nn3c(-c4ccncc4)nnc23)N(c2c(C)cccc2C)c2nc3ccccc3nc21. The van der Waals surface area contributed by atoms with Crippen LogP contribution in [-0.4, -0.2) is 34.8 Å². The number of anilines is 4. The minimum Gasteiger partial charge on any atom is -0.276 e. The molecule has 8 rings (SSSR count). The van der Waals surface area contributed by atoms with E-state index < -0.39 is 0 Å². The Morgan fingerprint density at radius 2 is 1.13 bits per heavy atom. The highest BCUT2D eigenvalue weighted by Crippen LogP contribution is 2.51. The number of pyridine rings is 1. The lowest BCUT2D eigenvalue weighted by molar-refractivity contribution is 0.936. The molecule has 1 aliphatic rings. The molecular weight excluding hydrogens is 570 g/mol. The third kappa shape index (κ3) is 4.23. The van der Waals surface area contributed by atoms with Crippen molar-refractivity contribution >= 4 is 45.8 Å². The average molecular weight is 602 g/mol. The smallest absolute Gasteiger partial charge is 0.187 e. The van der Waals surface area contributed by atoms with Crippen LogP contribution in [0.3, 0.4) is 0 Å². The molecule has 3 aromatic carbocycles. The molecule has 0 spiro atoms. The fraction of sp³-hybridized carbons (Fsp3) is 0.135. The van der Waals surface area contributed by atoms with Gasteiger partial charge in [-0.1, -0.05) is 48.5 Å². The van der Waals surface area contributed by atoms with Gasteiger partial charge in [-0.15, -0.1) is 10.2 Å². The predicted molar refractivity (Wildman–Crippen MR) is 182 cm³/mol. The summed E-state index contributed by atoms with van der Waals surface area (Å²) >= 11 is 0. The predicted octanol–water partition coefficient (Wildman–Crippen LogP) is 7.00. The lowest BCUT2D eigenvalue weighted by Crippen LogP contribution is -2.24. The first-order valence-electron chi connectivity index (χ1n) is 15.2. The first kappa shape index (κ1) is 27.6. The number of aromatic nitrogens is 7. The van der Waals surface area contributed by atoms with E-state index in [-0.39, 0.29) is 0 Å². The highest BCUT2D eigenvalue weighted by atomic mass is 15.5. The summed E-state index contributed by atoms with van der Waals surface area (Å²) in [6.45, 7) is 10.6. The van der Waals surface area contributed by atoms with E-state index >= 15 is 0 Å². The zero-order valence-corrected chi connectivity index (χ0v) is 26.3. The zero-order chi connectivity index (χ0) is 31.5. The van der Waals surface area contributed by atoms with Crippen LogP contribution >= 0.6 is 0 Å². The van der Waals surface area contributed by atoms with Crippen LogP contribution in [0, 0.1) is 34.6 Å². The van der Waals surface area contributed by atoms with Gasteiger partial charge >= 0.3 is 0 Å². The fourth-order valence-corrected chi connectivity index (χ4v) is 6.45. The molecule has 46 heavy (non-hydrogen) atoms. The molecule has 0 bridgehead atoms. The topological polar surface area (TPSA) is 88.2 Å². The molecule has 9 heteroatoms. The van der Waals surface area contributed by atoms with Gasteiger partial charge in [0.25, 0.3) is 0 Å². The largest absolute Gasteiger partial charge is 0.276 e. The molecule has 0 radical (unpaired) electrons. The Hall–Kier alpha value is -5.96. The van der Waals surface area contributed by atoms with Gasteiger partial charge in [0.05, 0.1) is 28.1 Å². The Morgan fingerprint density at radius 3 is 1.67 bits per heavy atom. The standard InChI is InChI=1S/C37H31N9/c1-22-10-8-11-23(2)32(22)44-31(17-16-28-26(5)43-46-34(41-42-35(28)46)27-18-20-38-21-19-27)45(33-24(3)12-9-13-25(33)4)37-36(44)39-29-14-6-7-15-30(29)40-37/h6-21H,1-5H3/b28-16-. The summed E-state index contributed by atoms with van der Waals surface area (Å²) in [5, 5.41) is 14.8. The molecule has 7 aromatic rings. The Labute approximate surface area is 266 Å². The Morgan fingerprint density at radius 1 is 0.587 bits per heavy atom. The summed E-state index contributed by atoms with van der Waals surface area (Å²) in [4.78, 5) is 19.1. The van der Waals surface area contributed by atoms with E-state index in [1.807, 2.05) is 43.3 Å². The summed E-state index contributed by atoms with van der Waals surface area (Å²) in [5.41, 5.74) is 10.9. The van der Waals surface area contributed by atoms with E-state index in [0.29, 0.717) is 11.5 Å². The Bertz CT molecular complexity index is 2250. The second-order valence-corrected chi connectivity index (χ2v) is 11.7. The Balaban J connectivity index is 1.43. The molecule has 224 valence electrons. The van der Waals surface area contributed by atoms with E-state index in [0.717, 1.165) is 78.6 Å². The number of hydrogen-bond acceptors (Lipinski definition) is 8. The molecule has 1 aliphatic heterocycles. The van der Waals surface area contributed by atoms with Crippen LogP contribution in [-0.2, 0) is 0 Å². The summed E-state index contributed by atoms with van der Waals surface area (Å²) < 4.78 is 1.81. The number of rotatable bonds is 4.